The molecule has 0 bridgehead atoms. The van der Waals surface area contributed by atoms with Crippen molar-refractivity contribution in [2.45, 2.75) is 6.92 Å². The fraction of sp³-hybridized carbons (Fsp3) is 0.182. The fourth-order valence-electron chi connectivity index (χ4n) is 1.15. The molecular formula is C11H10IN3O2. The molecule has 0 unspecified atom stereocenters. The normalized spacial score (nSPS) is 10.0. The first kappa shape index (κ1) is 12.0. The summed E-state index contributed by atoms with van der Waals surface area (Å²) in [7, 11) is 0. The van der Waals surface area contributed by atoms with Crippen LogP contribution in [0.1, 0.15) is 6.92 Å². The Morgan fingerprint density at radius 3 is 2.71 bits per heavy atom. The van der Waals surface area contributed by atoms with Crippen LogP contribution in [0.2, 0.25) is 0 Å². The second kappa shape index (κ2) is 5.76. The summed E-state index contributed by atoms with van der Waals surface area (Å²) in [5, 5.41) is 0. The van der Waals surface area contributed by atoms with Gasteiger partial charge in [0.25, 0.3) is 0 Å². The highest BCUT2D eigenvalue weighted by Gasteiger charge is 2.02. The summed E-state index contributed by atoms with van der Waals surface area (Å²) in [6, 6.07) is 5.33. The van der Waals surface area contributed by atoms with Crippen molar-refractivity contribution < 1.29 is 9.47 Å². The van der Waals surface area contributed by atoms with Gasteiger partial charge in [0, 0.05) is 0 Å². The van der Waals surface area contributed by atoms with Crippen molar-refractivity contribution in [1.29, 1.82) is 0 Å². The van der Waals surface area contributed by atoms with Gasteiger partial charge in [-0.15, -0.1) is 0 Å². The molecular weight excluding hydrogens is 333 g/mol. The van der Waals surface area contributed by atoms with E-state index in [1.807, 2.05) is 19.1 Å². The van der Waals surface area contributed by atoms with Crippen LogP contribution in [0, 0.1) is 3.70 Å². The van der Waals surface area contributed by atoms with Gasteiger partial charge in [-0.1, -0.05) is 0 Å². The molecule has 2 heterocycles. The van der Waals surface area contributed by atoms with Crippen molar-refractivity contribution in [2.75, 3.05) is 6.61 Å². The first-order valence-electron chi connectivity index (χ1n) is 5.02. The Kier molecular flexibility index (Phi) is 4.08. The molecule has 17 heavy (non-hydrogen) atoms. The van der Waals surface area contributed by atoms with Crippen LogP contribution in [0.4, 0.5) is 0 Å². The minimum atomic E-state index is 0.437. The van der Waals surface area contributed by atoms with E-state index in [4.69, 9.17) is 9.47 Å². The average molecular weight is 343 g/mol. The maximum absolute atomic E-state index is 5.52. The Morgan fingerprint density at radius 2 is 2.00 bits per heavy atom. The highest BCUT2D eigenvalue weighted by Crippen LogP contribution is 2.20. The predicted molar refractivity (Wildman–Crippen MR) is 70.2 cm³/mol. The van der Waals surface area contributed by atoms with Crippen molar-refractivity contribution in [2.24, 2.45) is 0 Å². The van der Waals surface area contributed by atoms with Crippen molar-refractivity contribution >= 4 is 22.6 Å². The molecule has 0 aromatic carbocycles. The lowest BCUT2D eigenvalue weighted by molar-refractivity contribution is 0.322. The summed E-state index contributed by atoms with van der Waals surface area (Å²) in [5.41, 5.74) is 0. The van der Waals surface area contributed by atoms with Gasteiger partial charge in [-0.2, -0.15) is 0 Å². The quantitative estimate of drug-likeness (QED) is 0.631. The third-order valence-electron chi connectivity index (χ3n) is 1.83. The molecule has 2 aromatic heterocycles. The lowest BCUT2D eigenvalue weighted by Crippen LogP contribution is -1.96. The van der Waals surface area contributed by atoms with E-state index in [0.29, 0.717) is 24.1 Å². The Bertz CT molecular complexity index is 490. The van der Waals surface area contributed by atoms with E-state index in [1.165, 1.54) is 6.33 Å². The predicted octanol–water partition coefficient (Wildman–Crippen LogP) is 2.67. The molecule has 0 spiro atoms. The molecule has 2 rings (SSSR count). The zero-order valence-electron chi connectivity index (χ0n) is 9.13. The van der Waals surface area contributed by atoms with Crippen molar-refractivity contribution in [3.8, 4) is 17.5 Å². The van der Waals surface area contributed by atoms with Crippen LogP contribution in [0.15, 0.2) is 30.7 Å². The first-order chi connectivity index (χ1) is 8.28. The molecule has 0 aliphatic heterocycles. The average Bonchev–Trinajstić information content (AvgIpc) is 2.33. The molecule has 0 radical (unpaired) electrons. The van der Waals surface area contributed by atoms with E-state index >= 15 is 0 Å². The van der Waals surface area contributed by atoms with E-state index < -0.39 is 0 Å². The Morgan fingerprint density at radius 1 is 1.18 bits per heavy atom. The van der Waals surface area contributed by atoms with E-state index in [0.717, 1.165) is 3.70 Å². The summed E-state index contributed by atoms with van der Waals surface area (Å²) in [4.78, 5) is 12.1. The van der Waals surface area contributed by atoms with Crippen molar-refractivity contribution in [3.63, 3.8) is 0 Å². The molecule has 6 heteroatoms. The number of aromatic nitrogens is 3. The molecule has 88 valence electrons. The third-order valence-corrected chi connectivity index (χ3v) is 2.47. The van der Waals surface area contributed by atoms with Crippen LogP contribution in [0.5, 0.6) is 17.5 Å². The van der Waals surface area contributed by atoms with Gasteiger partial charge in [0.2, 0.25) is 11.8 Å². The Balaban J connectivity index is 2.12. The molecule has 5 nitrogen and oxygen atoms in total. The minimum absolute atomic E-state index is 0.437. The smallest absolute Gasteiger partial charge is 0.226 e. The molecule has 0 saturated carbocycles. The topological polar surface area (TPSA) is 57.1 Å². The van der Waals surface area contributed by atoms with Gasteiger partial charge in [0.1, 0.15) is 15.8 Å². The number of hydrogen-bond donors (Lipinski definition) is 0. The van der Waals surface area contributed by atoms with Gasteiger partial charge in [-0.3, -0.25) is 0 Å². The van der Waals surface area contributed by atoms with Gasteiger partial charge in [-0.05, 0) is 41.6 Å². The summed E-state index contributed by atoms with van der Waals surface area (Å²) >= 11 is 2.13. The fourth-order valence-corrected chi connectivity index (χ4v) is 1.47. The number of pyridine rings is 1. The lowest BCUT2D eigenvalue weighted by atomic mass is 10.5. The summed E-state index contributed by atoms with van der Waals surface area (Å²) in [6.07, 6.45) is 3.05. The maximum atomic E-state index is 5.52. The van der Waals surface area contributed by atoms with Crippen molar-refractivity contribution in [1.82, 2.24) is 15.0 Å². The monoisotopic (exact) mass is 343 g/mol. The molecule has 0 aliphatic carbocycles. The second-order valence-electron chi connectivity index (χ2n) is 3.05. The summed E-state index contributed by atoms with van der Waals surface area (Å²) in [6.45, 7) is 2.45. The van der Waals surface area contributed by atoms with E-state index in [1.54, 1.807) is 12.3 Å². The molecule has 0 N–H and O–H groups in total. The zero-order chi connectivity index (χ0) is 12.1. The number of nitrogens with zero attached hydrogens (tertiary/aromatic N) is 3. The summed E-state index contributed by atoms with van der Waals surface area (Å²) < 4.78 is 11.7. The van der Waals surface area contributed by atoms with E-state index in [-0.39, 0.29) is 0 Å². The first-order valence-corrected chi connectivity index (χ1v) is 6.10. The van der Waals surface area contributed by atoms with Gasteiger partial charge in [-0.25, -0.2) is 15.0 Å². The molecule has 0 fully saturated rings. The Labute approximate surface area is 112 Å². The number of rotatable bonds is 4. The molecule has 0 atom stereocenters. The molecule has 0 amide bonds. The SMILES string of the molecule is CCOc1cc(Oc2ccc(I)nc2)ncn1. The van der Waals surface area contributed by atoms with Gasteiger partial charge < -0.3 is 9.47 Å². The minimum Gasteiger partial charge on any atom is -0.478 e. The molecule has 2 aromatic rings. The van der Waals surface area contributed by atoms with E-state index in [9.17, 15) is 0 Å². The highest BCUT2D eigenvalue weighted by molar-refractivity contribution is 14.1. The summed E-state index contributed by atoms with van der Waals surface area (Å²) in [5.74, 6) is 1.56. The van der Waals surface area contributed by atoms with Crippen LogP contribution < -0.4 is 9.47 Å². The van der Waals surface area contributed by atoms with Crippen LogP contribution in [-0.2, 0) is 0 Å². The van der Waals surface area contributed by atoms with Crippen LogP contribution in [-0.4, -0.2) is 21.6 Å². The van der Waals surface area contributed by atoms with Crippen LogP contribution in [0.25, 0.3) is 0 Å². The van der Waals surface area contributed by atoms with E-state index in [2.05, 4.69) is 37.5 Å². The third kappa shape index (κ3) is 3.52. The largest absolute Gasteiger partial charge is 0.478 e. The van der Waals surface area contributed by atoms with Crippen LogP contribution in [0.3, 0.4) is 0 Å². The number of hydrogen-bond acceptors (Lipinski definition) is 5. The molecule has 0 aliphatic rings. The highest BCUT2D eigenvalue weighted by atomic mass is 127. The van der Waals surface area contributed by atoms with Crippen LogP contribution >= 0.6 is 22.6 Å². The van der Waals surface area contributed by atoms with Gasteiger partial charge >= 0.3 is 0 Å². The van der Waals surface area contributed by atoms with Gasteiger partial charge in [0.05, 0.1) is 18.9 Å². The maximum Gasteiger partial charge on any atom is 0.226 e. The standard InChI is InChI=1S/C11H10IN3O2/c1-2-16-10-5-11(15-7-14-10)17-8-3-4-9(12)13-6-8/h3-7H,2H2,1H3. The lowest BCUT2D eigenvalue weighted by Gasteiger charge is -2.05. The van der Waals surface area contributed by atoms with Crippen molar-refractivity contribution in [3.05, 3.63) is 34.4 Å². The van der Waals surface area contributed by atoms with Gasteiger partial charge in [0.15, 0.2) is 0 Å². The zero-order valence-corrected chi connectivity index (χ0v) is 11.3. The number of ether oxygens (including phenoxy) is 2. The Hall–Kier alpha value is -1.44. The number of halogens is 1. The molecule has 0 saturated heterocycles. The second-order valence-corrected chi connectivity index (χ2v) is 4.15.